The van der Waals surface area contributed by atoms with E-state index in [0.29, 0.717) is 0 Å². The summed E-state index contributed by atoms with van der Waals surface area (Å²) in [4.78, 5) is 0. The Morgan fingerprint density at radius 3 is 2.25 bits per heavy atom. The van der Waals surface area contributed by atoms with Crippen LogP contribution in [0.3, 0.4) is 0 Å². The molecule has 0 spiro atoms. The highest BCUT2D eigenvalue weighted by atomic mass is 32.2. The highest BCUT2D eigenvalue weighted by Crippen LogP contribution is 2.22. The van der Waals surface area contributed by atoms with E-state index in [1.807, 2.05) is 18.2 Å². The Kier molecular flexibility index (Phi) is 6.12. The van der Waals surface area contributed by atoms with Crippen molar-refractivity contribution in [3.05, 3.63) is 60.2 Å². The van der Waals surface area contributed by atoms with Crippen LogP contribution in [-0.4, -0.2) is 23.2 Å². The topological polar surface area (TPSA) is 46.2 Å². The molecule has 0 aromatic heterocycles. The van der Waals surface area contributed by atoms with Crippen molar-refractivity contribution in [3.63, 3.8) is 0 Å². The van der Waals surface area contributed by atoms with Gasteiger partial charge in [0.2, 0.25) is 0 Å². The summed E-state index contributed by atoms with van der Waals surface area (Å²) in [6, 6.07) is 18.9. The van der Waals surface area contributed by atoms with E-state index in [2.05, 4.69) is 36.4 Å². The molecular formula is C17H21NOS. The molecule has 0 aliphatic heterocycles. The molecule has 3 heteroatoms. The predicted molar refractivity (Wildman–Crippen MR) is 87.8 cm³/mol. The lowest BCUT2D eigenvalue weighted by Crippen LogP contribution is -2.13. The maximum absolute atomic E-state index is 8.74. The van der Waals surface area contributed by atoms with Crippen LogP contribution in [-0.2, 0) is 0 Å². The molecule has 0 saturated carbocycles. The van der Waals surface area contributed by atoms with Crippen molar-refractivity contribution in [3.8, 4) is 11.1 Å². The van der Waals surface area contributed by atoms with Gasteiger partial charge in [-0.15, -0.1) is 0 Å². The molecular weight excluding hydrogens is 266 g/mol. The summed E-state index contributed by atoms with van der Waals surface area (Å²) in [6.07, 6.45) is 0.838. The number of nitrogens with two attached hydrogens (primary N) is 1. The molecule has 2 rings (SSSR count). The average molecular weight is 287 g/mol. The molecule has 0 radical (unpaired) electrons. The first-order valence-electron chi connectivity index (χ1n) is 6.91. The van der Waals surface area contributed by atoms with Crippen LogP contribution >= 0.6 is 11.8 Å². The summed E-state index contributed by atoms with van der Waals surface area (Å²) in [5.41, 5.74) is 9.79. The summed E-state index contributed by atoms with van der Waals surface area (Å²) in [6.45, 7) is 0.258. The maximum atomic E-state index is 8.74. The zero-order chi connectivity index (χ0) is 14.2. The van der Waals surface area contributed by atoms with E-state index in [-0.39, 0.29) is 12.6 Å². The molecule has 0 fully saturated rings. The molecule has 1 unspecified atom stereocenters. The van der Waals surface area contributed by atoms with Gasteiger partial charge in [0, 0.05) is 18.4 Å². The molecule has 2 nitrogen and oxygen atoms in total. The van der Waals surface area contributed by atoms with Crippen molar-refractivity contribution in [2.24, 2.45) is 5.73 Å². The lowest BCUT2D eigenvalue weighted by molar-refractivity contribution is 0.296. The third-order valence-corrected chi connectivity index (χ3v) is 4.36. The van der Waals surface area contributed by atoms with Crippen LogP contribution in [0.4, 0.5) is 0 Å². The van der Waals surface area contributed by atoms with Crippen LogP contribution in [0.1, 0.15) is 18.0 Å². The Bertz CT molecular complexity index is 498. The first kappa shape index (κ1) is 15.1. The highest BCUT2D eigenvalue weighted by molar-refractivity contribution is 7.99. The number of hydrogen-bond donors (Lipinski definition) is 2. The number of benzene rings is 2. The number of aliphatic hydroxyl groups excluding tert-OH is 1. The monoisotopic (exact) mass is 287 g/mol. The van der Waals surface area contributed by atoms with Crippen molar-refractivity contribution in [1.82, 2.24) is 0 Å². The maximum Gasteiger partial charge on any atom is 0.0438 e. The summed E-state index contributed by atoms with van der Waals surface area (Å²) in [7, 11) is 0. The van der Waals surface area contributed by atoms with Gasteiger partial charge in [0.25, 0.3) is 0 Å². The van der Waals surface area contributed by atoms with E-state index < -0.39 is 0 Å². The Labute approximate surface area is 125 Å². The Morgan fingerprint density at radius 1 is 0.950 bits per heavy atom. The van der Waals surface area contributed by atoms with Gasteiger partial charge in [-0.3, -0.25) is 0 Å². The molecule has 20 heavy (non-hydrogen) atoms. The van der Waals surface area contributed by atoms with Gasteiger partial charge in [0.05, 0.1) is 0 Å². The van der Waals surface area contributed by atoms with Crippen molar-refractivity contribution in [2.45, 2.75) is 12.5 Å². The Balaban J connectivity index is 1.94. The molecule has 0 aliphatic carbocycles. The second-order valence-electron chi connectivity index (χ2n) is 4.75. The minimum Gasteiger partial charge on any atom is -0.396 e. The molecule has 0 amide bonds. The summed E-state index contributed by atoms with van der Waals surface area (Å²) in [5.74, 6) is 1.86. The SMILES string of the molecule is NC(CSCCCO)c1ccc(-c2ccccc2)cc1. The van der Waals surface area contributed by atoms with E-state index in [1.54, 1.807) is 11.8 Å². The van der Waals surface area contributed by atoms with Gasteiger partial charge in [-0.25, -0.2) is 0 Å². The number of hydrogen-bond acceptors (Lipinski definition) is 3. The fourth-order valence-corrected chi connectivity index (χ4v) is 2.97. The third-order valence-electron chi connectivity index (χ3n) is 3.19. The van der Waals surface area contributed by atoms with E-state index in [0.717, 1.165) is 17.9 Å². The zero-order valence-corrected chi connectivity index (χ0v) is 12.4. The van der Waals surface area contributed by atoms with Crippen LogP contribution in [0.2, 0.25) is 0 Å². The first-order chi connectivity index (χ1) is 9.81. The molecule has 0 saturated heterocycles. The summed E-state index contributed by atoms with van der Waals surface area (Å²) >= 11 is 1.80. The Morgan fingerprint density at radius 2 is 1.60 bits per heavy atom. The first-order valence-corrected chi connectivity index (χ1v) is 8.06. The molecule has 0 bridgehead atoms. The molecule has 0 aliphatic rings. The fourth-order valence-electron chi connectivity index (χ4n) is 2.03. The van der Waals surface area contributed by atoms with E-state index in [1.165, 1.54) is 16.7 Å². The summed E-state index contributed by atoms with van der Waals surface area (Å²) in [5, 5.41) is 8.74. The van der Waals surface area contributed by atoms with Gasteiger partial charge in [-0.05, 0) is 28.9 Å². The third kappa shape index (κ3) is 4.37. The molecule has 2 aromatic rings. The van der Waals surface area contributed by atoms with Crippen LogP contribution in [0.25, 0.3) is 11.1 Å². The molecule has 1 atom stereocenters. The molecule has 106 valence electrons. The highest BCUT2D eigenvalue weighted by Gasteiger charge is 2.06. The van der Waals surface area contributed by atoms with Crippen LogP contribution in [0.5, 0.6) is 0 Å². The van der Waals surface area contributed by atoms with Crippen molar-refractivity contribution in [1.29, 1.82) is 0 Å². The smallest absolute Gasteiger partial charge is 0.0438 e. The van der Waals surface area contributed by atoms with Crippen molar-refractivity contribution >= 4 is 11.8 Å². The molecule has 3 N–H and O–H groups in total. The lowest BCUT2D eigenvalue weighted by atomic mass is 10.0. The minimum atomic E-state index is 0.0588. The predicted octanol–water partition coefficient (Wildman–Crippen LogP) is 3.47. The van der Waals surface area contributed by atoms with Crippen LogP contribution < -0.4 is 5.73 Å². The molecule has 0 heterocycles. The quantitative estimate of drug-likeness (QED) is 0.767. The van der Waals surface area contributed by atoms with E-state index >= 15 is 0 Å². The molecule has 2 aromatic carbocycles. The van der Waals surface area contributed by atoms with Crippen molar-refractivity contribution in [2.75, 3.05) is 18.1 Å². The van der Waals surface area contributed by atoms with Gasteiger partial charge in [-0.2, -0.15) is 11.8 Å². The average Bonchev–Trinajstić information content (AvgIpc) is 2.52. The minimum absolute atomic E-state index is 0.0588. The van der Waals surface area contributed by atoms with E-state index in [4.69, 9.17) is 10.8 Å². The number of rotatable bonds is 7. The number of thioether (sulfide) groups is 1. The lowest BCUT2D eigenvalue weighted by Gasteiger charge is -2.12. The standard InChI is InChI=1S/C17H21NOS/c18-17(13-20-12-4-11-19)16-9-7-15(8-10-16)14-5-2-1-3-6-14/h1-3,5-10,17,19H,4,11-13,18H2. The second-order valence-corrected chi connectivity index (χ2v) is 5.90. The van der Waals surface area contributed by atoms with Crippen LogP contribution in [0, 0.1) is 0 Å². The Hall–Kier alpha value is -1.29. The van der Waals surface area contributed by atoms with Gasteiger partial charge in [0.1, 0.15) is 0 Å². The van der Waals surface area contributed by atoms with E-state index in [9.17, 15) is 0 Å². The van der Waals surface area contributed by atoms with Gasteiger partial charge in [0.15, 0.2) is 0 Å². The van der Waals surface area contributed by atoms with Gasteiger partial charge >= 0.3 is 0 Å². The zero-order valence-electron chi connectivity index (χ0n) is 11.5. The fraction of sp³-hybridized carbons (Fsp3) is 0.294. The van der Waals surface area contributed by atoms with Crippen LogP contribution in [0.15, 0.2) is 54.6 Å². The number of aliphatic hydroxyl groups is 1. The second kappa shape index (κ2) is 8.10. The van der Waals surface area contributed by atoms with Crippen molar-refractivity contribution < 1.29 is 5.11 Å². The normalized spacial score (nSPS) is 12.3. The summed E-state index contributed by atoms with van der Waals surface area (Å²) < 4.78 is 0. The largest absolute Gasteiger partial charge is 0.396 e. The van der Waals surface area contributed by atoms with Gasteiger partial charge < -0.3 is 10.8 Å². The van der Waals surface area contributed by atoms with Gasteiger partial charge in [-0.1, -0.05) is 54.6 Å².